The Bertz CT molecular complexity index is 1670. The van der Waals surface area contributed by atoms with E-state index < -0.39 is 63.1 Å². The predicted octanol–water partition coefficient (Wildman–Crippen LogP) is 4.97. The number of aromatic hydroxyl groups is 1. The molecule has 7 heteroatoms. The molecule has 0 radical (unpaired) electrons. The SMILES string of the molecule is CC(=O)C1C(=O)C(C(C)C)[C@@]2(C)C[C@@]3(C)Cc4c(-c5ccc(C6C=CC=C6)cc5)ccc(O)c4C(=O)C3C(=O)[C@@]2(O)C1=O. The maximum Gasteiger partial charge on any atom is 0.190 e. The molecule has 7 nitrogen and oxygen atoms in total. The minimum Gasteiger partial charge on any atom is -0.507 e. The third kappa shape index (κ3) is 3.80. The molecule has 4 aliphatic rings. The van der Waals surface area contributed by atoms with Crippen molar-refractivity contribution in [2.45, 2.75) is 59.0 Å². The lowest BCUT2D eigenvalue weighted by Gasteiger charge is -2.61. The topological polar surface area (TPSA) is 126 Å². The van der Waals surface area contributed by atoms with Crippen molar-refractivity contribution in [2.75, 3.05) is 0 Å². The number of phenolic OH excluding ortho intramolecular Hbond substituents is 1. The number of Topliss-reactive ketones (excluding diaryl/α,β-unsaturated/α-hetero) is 5. The third-order valence-electron chi connectivity index (χ3n) is 10.6. The van der Waals surface area contributed by atoms with Gasteiger partial charge in [0.25, 0.3) is 0 Å². The molecule has 43 heavy (non-hydrogen) atoms. The van der Waals surface area contributed by atoms with Crippen molar-refractivity contribution < 1.29 is 34.2 Å². The number of ketones is 5. The smallest absolute Gasteiger partial charge is 0.190 e. The van der Waals surface area contributed by atoms with Crippen LogP contribution in [-0.2, 0) is 25.6 Å². The first kappa shape index (κ1) is 29.1. The predicted molar refractivity (Wildman–Crippen MR) is 159 cm³/mol. The number of allylic oxidation sites excluding steroid dienone is 4. The molecule has 0 aromatic heterocycles. The van der Waals surface area contributed by atoms with Crippen LogP contribution >= 0.6 is 0 Å². The van der Waals surface area contributed by atoms with Gasteiger partial charge in [0.15, 0.2) is 28.7 Å². The number of carbonyl (C=O) groups is 5. The average Bonchev–Trinajstić information content (AvgIpc) is 3.46. The highest BCUT2D eigenvalue weighted by molar-refractivity contribution is 6.32. The van der Waals surface area contributed by atoms with Gasteiger partial charge in [-0.3, -0.25) is 24.0 Å². The lowest BCUT2D eigenvalue weighted by Crippen LogP contribution is -2.76. The molecule has 2 aromatic rings. The molecule has 2 aromatic carbocycles. The van der Waals surface area contributed by atoms with Gasteiger partial charge in [0.2, 0.25) is 0 Å². The summed E-state index contributed by atoms with van der Waals surface area (Å²) >= 11 is 0. The molecule has 0 saturated heterocycles. The van der Waals surface area contributed by atoms with Crippen LogP contribution in [0.15, 0.2) is 60.7 Å². The van der Waals surface area contributed by atoms with Gasteiger partial charge < -0.3 is 10.2 Å². The van der Waals surface area contributed by atoms with E-state index in [1.54, 1.807) is 33.8 Å². The van der Waals surface area contributed by atoms with Crippen LogP contribution in [0.5, 0.6) is 5.75 Å². The Morgan fingerprint density at radius 2 is 1.56 bits per heavy atom. The van der Waals surface area contributed by atoms with Crippen molar-refractivity contribution in [1.82, 2.24) is 0 Å². The van der Waals surface area contributed by atoms with Crippen LogP contribution in [0, 0.1) is 34.5 Å². The van der Waals surface area contributed by atoms with Gasteiger partial charge >= 0.3 is 0 Å². The number of hydrogen-bond donors (Lipinski definition) is 2. The second-order valence-corrected chi connectivity index (χ2v) is 13.7. The van der Waals surface area contributed by atoms with Gasteiger partial charge in [0.05, 0.1) is 11.5 Å². The fourth-order valence-corrected chi connectivity index (χ4v) is 8.95. The fraction of sp³-hybridized carbons (Fsp3) is 0.417. The standard InChI is InChI=1S/C36H36O7/c1-18(2)28-30(39)26(19(3)37)32(41)36(43)33(42)29-31(40)27-24(16-34(29,4)17-35(28,36)5)23(14-15-25(27)38)22-12-10-21(11-13-22)20-8-6-7-9-20/h6-15,18,20,26,28-29,38,43H,16-17H2,1-5H3/t26?,28?,29?,34-,35-,36+/m1/s1. The van der Waals surface area contributed by atoms with Gasteiger partial charge in [-0.25, -0.2) is 0 Å². The lowest BCUT2D eigenvalue weighted by atomic mass is 9.40. The van der Waals surface area contributed by atoms with Crippen molar-refractivity contribution in [2.24, 2.45) is 34.5 Å². The third-order valence-corrected chi connectivity index (χ3v) is 10.6. The van der Waals surface area contributed by atoms with Crippen molar-refractivity contribution >= 4 is 28.9 Å². The summed E-state index contributed by atoms with van der Waals surface area (Å²) in [4.78, 5) is 68.7. The zero-order chi connectivity index (χ0) is 31.2. The van der Waals surface area contributed by atoms with E-state index in [9.17, 15) is 34.2 Å². The number of phenols is 1. The van der Waals surface area contributed by atoms with Crippen LogP contribution < -0.4 is 0 Å². The van der Waals surface area contributed by atoms with Crippen molar-refractivity contribution in [1.29, 1.82) is 0 Å². The van der Waals surface area contributed by atoms with Crippen LogP contribution in [-0.4, -0.2) is 44.7 Å². The van der Waals surface area contributed by atoms with Gasteiger partial charge in [0, 0.05) is 17.3 Å². The Morgan fingerprint density at radius 3 is 2.14 bits per heavy atom. The molecule has 2 N–H and O–H groups in total. The Balaban J connectivity index is 1.50. The molecule has 0 spiro atoms. The number of aliphatic hydroxyl groups is 1. The molecule has 222 valence electrons. The highest BCUT2D eigenvalue weighted by Crippen LogP contribution is 2.64. The van der Waals surface area contributed by atoms with E-state index in [2.05, 4.69) is 12.2 Å². The summed E-state index contributed by atoms with van der Waals surface area (Å²) in [6.45, 7) is 8.03. The number of hydrogen-bond acceptors (Lipinski definition) is 7. The summed E-state index contributed by atoms with van der Waals surface area (Å²) in [5.74, 6) is -8.72. The van der Waals surface area contributed by atoms with E-state index in [1.165, 1.54) is 6.07 Å². The maximum atomic E-state index is 14.4. The Morgan fingerprint density at radius 1 is 0.930 bits per heavy atom. The Hall–Kier alpha value is -3.97. The largest absolute Gasteiger partial charge is 0.507 e. The van der Waals surface area contributed by atoms with Crippen molar-refractivity contribution in [3.8, 4) is 16.9 Å². The van der Waals surface area contributed by atoms with Crippen molar-refractivity contribution in [3.63, 3.8) is 0 Å². The average molecular weight is 581 g/mol. The number of benzene rings is 2. The highest BCUT2D eigenvalue weighted by Gasteiger charge is 2.76. The molecule has 0 aliphatic heterocycles. The first-order chi connectivity index (χ1) is 20.2. The van der Waals surface area contributed by atoms with Gasteiger partial charge in [-0.15, -0.1) is 0 Å². The van der Waals surface area contributed by atoms with E-state index >= 15 is 0 Å². The lowest BCUT2D eigenvalue weighted by molar-refractivity contribution is -0.205. The van der Waals surface area contributed by atoms with E-state index in [0.29, 0.717) is 5.56 Å². The molecule has 3 unspecified atom stereocenters. The zero-order valence-corrected chi connectivity index (χ0v) is 25.0. The van der Waals surface area contributed by atoms with Crippen LogP contribution in [0.4, 0.5) is 0 Å². The first-order valence-corrected chi connectivity index (χ1v) is 14.9. The van der Waals surface area contributed by atoms with E-state index in [1.807, 2.05) is 36.4 Å². The van der Waals surface area contributed by atoms with Crippen LogP contribution in [0.1, 0.15) is 68.4 Å². The zero-order valence-electron chi connectivity index (χ0n) is 25.0. The first-order valence-electron chi connectivity index (χ1n) is 14.9. The monoisotopic (exact) mass is 580 g/mol. The quantitative estimate of drug-likeness (QED) is 0.489. The van der Waals surface area contributed by atoms with Crippen LogP contribution in [0.25, 0.3) is 11.1 Å². The minimum absolute atomic E-state index is 0.00845. The fourth-order valence-electron chi connectivity index (χ4n) is 8.95. The van der Waals surface area contributed by atoms with Gasteiger partial charge in [-0.2, -0.15) is 0 Å². The second-order valence-electron chi connectivity index (χ2n) is 13.7. The molecule has 2 fully saturated rings. The van der Waals surface area contributed by atoms with Gasteiger partial charge in [0.1, 0.15) is 17.5 Å². The summed E-state index contributed by atoms with van der Waals surface area (Å²) in [5.41, 5.74) is -2.00. The van der Waals surface area contributed by atoms with E-state index in [0.717, 1.165) is 23.6 Å². The highest BCUT2D eigenvalue weighted by atomic mass is 16.3. The molecule has 2 saturated carbocycles. The number of carbonyl (C=O) groups excluding carboxylic acids is 5. The summed E-state index contributed by atoms with van der Waals surface area (Å²) in [5, 5.41) is 23.1. The number of fused-ring (bicyclic) bond motifs is 3. The summed E-state index contributed by atoms with van der Waals surface area (Å²) in [7, 11) is 0. The van der Waals surface area contributed by atoms with Gasteiger partial charge in [-0.1, -0.05) is 82.3 Å². The molecule has 6 atom stereocenters. The number of rotatable bonds is 4. The second kappa shape index (κ2) is 9.52. The molecule has 0 heterocycles. The summed E-state index contributed by atoms with van der Waals surface area (Å²) in [6, 6.07) is 11.2. The molecule has 6 rings (SSSR count). The maximum absolute atomic E-state index is 14.4. The normalized spacial score (nSPS) is 33.5. The molecule has 0 amide bonds. The molecule has 4 aliphatic carbocycles. The molecule has 0 bridgehead atoms. The Kier molecular flexibility index (Phi) is 6.44. The van der Waals surface area contributed by atoms with Crippen LogP contribution in [0.3, 0.4) is 0 Å². The van der Waals surface area contributed by atoms with E-state index in [-0.39, 0.29) is 36.0 Å². The minimum atomic E-state index is -2.70. The summed E-state index contributed by atoms with van der Waals surface area (Å²) in [6.07, 6.45) is 8.44. The summed E-state index contributed by atoms with van der Waals surface area (Å²) < 4.78 is 0. The van der Waals surface area contributed by atoms with E-state index in [4.69, 9.17) is 0 Å². The van der Waals surface area contributed by atoms with Gasteiger partial charge in [-0.05, 0) is 59.4 Å². The molecular weight excluding hydrogens is 544 g/mol. The Labute approximate surface area is 250 Å². The van der Waals surface area contributed by atoms with Crippen LogP contribution in [0.2, 0.25) is 0 Å². The van der Waals surface area contributed by atoms with Crippen molar-refractivity contribution in [3.05, 3.63) is 77.4 Å². The molecular formula is C36H36O7.